The van der Waals surface area contributed by atoms with Crippen LogP contribution in [0.1, 0.15) is 43.0 Å². The summed E-state index contributed by atoms with van der Waals surface area (Å²) in [4.78, 5) is 40.0. The minimum atomic E-state index is -4.20. The molecule has 3 aromatic rings. The number of esters is 1. The van der Waals surface area contributed by atoms with E-state index in [9.17, 15) is 27.6 Å². The molecule has 2 aromatic carbocycles. The number of fused-ring (bicyclic) bond motifs is 1. The van der Waals surface area contributed by atoms with Crippen molar-refractivity contribution in [2.24, 2.45) is 0 Å². The van der Waals surface area contributed by atoms with Crippen molar-refractivity contribution in [3.8, 4) is 0 Å². The number of carbonyl (C=O) groups excluding carboxylic acids is 3. The van der Waals surface area contributed by atoms with Gasteiger partial charge in [-0.15, -0.1) is 12.4 Å². The molecule has 1 atom stereocenters. The predicted molar refractivity (Wildman–Crippen MR) is 169 cm³/mol. The Bertz CT molecular complexity index is 1380. The number of likely N-dealkylation sites (N-methyl/N-ethyl adjacent to an activating group) is 1. The van der Waals surface area contributed by atoms with Gasteiger partial charge in [-0.1, -0.05) is 35.5 Å². The van der Waals surface area contributed by atoms with Crippen molar-refractivity contribution in [1.82, 2.24) is 9.47 Å². The molecule has 0 aliphatic rings. The maximum atomic E-state index is 13.2. The highest BCUT2D eigenvalue weighted by atomic mass is 35.5. The summed E-state index contributed by atoms with van der Waals surface area (Å²) in [7, 11) is 3.49. The van der Waals surface area contributed by atoms with Crippen molar-refractivity contribution < 1.29 is 32.3 Å². The second kappa shape index (κ2) is 16.8. The molecule has 0 saturated carbocycles. The van der Waals surface area contributed by atoms with Crippen LogP contribution in [0, 0.1) is 0 Å². The fourth-order valence-electron chi connectivity index (χ4n) is 4.37. The number of hydrogen-bond donors (Lipinski definition) is 2. The lowest BCUT2D eigenvalue weighted by Crippen LogP contribution is -2.37. The van der Waals surface area contributed by atoms with Gasteiger partial charge in [0.1, 0.15) is 6.04 Å². The van der Waals surface area contributed by atoms with Crippen molar-refractivity contribution in [1.29, 1.82) is 0 Å². The fourth-order valence-corrected chi connectivity index (χ4v) is 5.12. The van der Waals surface area contributed by atoms with E-state index in [1.165, 1.54) is 10.8 Å². The minimum absolute atomic E-state index is 0. The molecule has 1 unspecified atom stereocenters. The number of nitrogens with one attached hydrogen (secondary N) is 2. The van der Waals surface area contributed by atoms with Crippen LogP contribution in [-0.4, -0.2) is 65.4 Å². The molecular formula is C29H35Cl2F3N4O4S. The van der Waals surface area contributed by atoms with Crippen LogP contribution in [0.5, 0.6) is 0 Å². The number of thioether (sulfide) groups is 1. The topological polar surface area (TPSA) is 92.7 Å². The van der Waals surface area contributed by atoms with E-state index in [0.29, 0.717) is 46.6 Å². The van der Waals surface area contributed by atoms with E-state index in [2.05, 4.69) is 10.6 Å². The molecule has 43 heavy (non-hydrogen) atoms. The number of anilines is 2. The second-order valence-corrected chi connectivity index (χ2v) is 11.4. The van der Waals surface area contributed by atoms with Crippen LogP contribution in [0.25, 0.3) is 10.9 Å². The summed E-state index contributed by atoms with van der Waals surface area (Å²) in [5.41, 5.74) is -1.80. The molecule has 1 heterocycles. The van der Waals surface area contributed by atoms with Crippen molar-refractivity contribution in [2.75, 3.05) is 37.1 Å². The summed E-state index contributed by atoms with van der Waals surface area (Å²) in [5, 5.41) is 6.51. The zero-order valence-corrected chi connectivity index (χ0v) is 26.4. The average Bonchev–Trinajstić information content (AvgIpc) is 3.26. The Balaban J connectivity index is 0.00000645. The maximum Gasteiger partial charge on any atom is 0.441 e. The summed E-state index contributed by atoms with van der Waals surface area (Å²) in [6.07, 6.45) is 3.55. The van der Waals surface area contributed by atoms with Gasteiger partial charge in [0.15, 0.2) is 0 Å². The number of benzene rings is 2. The van der Waals surface area contributed by atoms with E-state index in [0.717, 1.165) is 5.56 Å². The third kappa shape index (κ3) is 11.3. The monoisotopic (exact) mass is 662 g/mol. The first-order chi connectivity index (χ1) is 19.9. The van der Waals surface area contributed by atoms with E-state index in [-0.39, 0.29) is 55.3 Å². The molecule has 0 aliphatic heterocycles. The van der Waals surface area contributed by atoms with Crippen molar-refractivity contribution in [2.45, 2.75) is 50.6 Å². The molecule has 8 nitrogen and oxygen atoms in total. The molecule has 2 amide bonds. The highest BCUT2D eigenvalue weighted by Gasteiger charge is 2.27. The molecule has 0 spiro atoms. The summed E-state index contributed by atoms with van der Waals surface area (Å²) in [6.45, 7) is 1.97. The molecule has 0 aliphatic carbocycles. The first-order valence-electron chi connectivity index (χ1n) is 13.4. The SMILES string of the molecule is CCOC(=O)C(CCC(=O)n1cc(NC(=O)Nc2ccc(CCCCSC(F)(F)F)cc2)c2cc(Cl)ccc21)N(C)C.Cl. The number of unbranched alkanes of at least 4 members (excludes halogenated alkanes) is 1. The summed E-state index contributed by atoms with van der Waals surface area (Å²) in [6, 6.07) is 10.9. The van der Waals surface area contributed by atoms with Crippen LogP contribution in [0.2, 0.25) is 5.02 Å². The molecular weight excluding hydrogens is 628 g/mol. The Hall–Kier alpha value is -2.93. The molecule has 0 saturated heterocycles. The van der Waals surface area contributed by atoms with Gasteiger partial charge >= 0.3 is 17.5 Å². The molecule has 0 fully saturated rings. The second-order valence-electron chi connectivity index (χ2n) is 9.77. The van der Waals surface area contributed by atoms with E-state index in [1.54, 1.807) is 56.3 Å². The van der Waals surface area contributed by atoms with Gasteiger partial charge in [0.05, 0.1) is 17.8 Å². The minimum Gasteiger partial charge on any atom is -0.465 e. The number of nitrogens with zero attached hydrogens (tertiary/aromatic N) is 2. The number of rotatable bonds is 13. The number of halogens is 5. The maximum absolute atomic E-state index is 13.2. The smallest absolute Gasteiger partial charge is 0.441 e. The van der Waals surface area contributed by atoms with Crippen molar-refractivity contribution in [3.05, 3.63) is 59.2 Å². The lowest BCUT2D eigenvalue weighted by atomic mass is 10.1. The Morgan fingerprint density at radius 2 is 1.77 bits per heavy atom. The summed E-state index contributed by atoms with van der Waals surface area (Å²) in [5.74, 6) is -0.633. The van der Waals surface area contributed by atoms with Crippen LogP contribution in [-0.2, 0) is 16.0 Å². The standard InChI is InChI=1S/C29H34ClF3N4O4S.ClH/c1-4-41-27(39)25(36(2)3)14-15-26(38)37-18-23(22-17-20(30)10-13-24(22)37)35-28(40)34-21-11-8-19(9-12-21)7-5-6-16-42-29(31,32)33;/h8-13,17-18,25H,4-7,14-16H2,1-3H3,(H2,34,35,40);1H. The third-order valence-electron chi connectivity index (χ3n) is 6.43. The first kappa shape index (κ1) is 36.3. The highest BCUT2D eigenvalue weighted by Crippen LogP contribution is 2.31. The molecule has 2 N–H and O–H groups in total. The number of aryl methyl sites for hydroxylation is 1. The quantitative estimate of drug-likeness (QED) is 0.143. The van der Waals surface area contributed by atoms with E-state index in [1.807, 2.05) is 12.1 Å². The van der Waals surface area contributed by atoms with E-state index < -0.39 is 23.6 Å². The number of alkyl halides is 3. The predicted octanol–water partition coefficient (Wildman–Crippen LogP) is 7.85. The van der Waals surface area contributed by atoms with Crippen molar-refractivity contribution in [3.63, 3.8) is 0 Å². The molecule has 0 bridgehead atoms. The van der Waals surface area contributed by atoms with Gasteiger partial charge in [-0.2, -0.15) is 13.2 Å². The number of amides is 2. The average molecular weight is 664 g/mol. The van der Waals surface area contributed by atoms with Gasteiger partial charge in [-0.3, -0.25) is 19.1 Å². The highest BCUT2D eigenvalue weighted by molar-refractivity contribution is 8.00. The van der Waals surface area contributed by atoms with Gasteiger partial charge in [0.2, 0.25) is 5.91 Å². The number of carbonyl (C=O) groups is 3. The number of aromatic nitrogens is 1. The van der Waals surface area contributed by atoms with Crippen LogP contribution in [0.4, 0.5) is 29.3 Å². The van der Waals surface area contributed by atoms with Crippen molar-refractivity contribution >= 4 is 76.0 Å². The first-order valence-corrected chi connectivity index (χ1v) is 14.8. The molecule has 0 radical (unpaired) electrons. The number of urea groups is 1. The van der Waals surface area contributed by atoms with Gasteiger partial charge in [-0.25, -0.2) is 4.79 Å². The number of ether oxygens (including phenoxy) is 1. The molecule has 236 valence electrons. The Labute approximate surface area is 264 Å². The zero-order chi connectivity index (χ0) is 30.9. The van der Waals surface area contributed by atoms with Crippen LogP contribution < -0.4 is 10.6 Å². The lowest BCUT2D eigenvalue weighted by Gasteiger charge is -2.22. The lowest BCUT2D eigenvalue weighted by molar-refractivity contribution is -0.148. The van der Waals surface area contributed by atoms with Crippen LogP contribution in [0.15, 0.2) is 48.7 Å². The summed E-state index contributed by atoms with van der Waals surface area (Å²) >= 11 is 6.20. The van der Waals surface area contributed by atoms with Gasteiger partial charge in [0, 0.05) is 34.5 Å². The fraction of sp³-hybridized carbons (Fsp3) is 0.414. The summed E-state index contributed by atoms with van der Waals surface area (Å²) < 4.78 is 43.3. The molecule has 3 rings (SSSR count). The van der Waals surface area contributed by atoms with Gasteiger partial charge in [0.25, 0.3) is 0 Å². The number of hydrogen-bond acceptors (Lipinski definition) is 6. The Morgan fingerprint density at radius 1 is 1.07 bits per heavy atom. The normalized spacial score (nSPS) is 12.1. The Kier molecular flexibility index (Phi) is 14.2. The zero-order valence-electron chi connectivity index (χ0n) is 24.0. The van der Waals surface area contributed by atoms with Crippen LogP contribution in [0.3, 0.4) is 0 Å². The largest absolute Gasteiger partial charge is 0.465 e. The van der Waals surface area contributed by atoms with Gasteiger partial charge < -0.3 is 15.4 Å². The van der Waals surface area contributed by atoms with Gasteiger partial charge in [-0.05, 0) is 82.6 Å². The molecule has 14 heteroatoms. The Morgan fingerprint density at radius 3 is 2.40 bits per heavy atom. The van der Waals surface area contributed by atoms with E-state index >= 15 is 0 Å². The third-order valence-corrected chi connectivity index (χ3v) is 7.49. The molecule has 1 aromatic heterocycles. The van der Waals surface area contributed by atoms with Crippen LogP contribution >= 0.6 is 35.8 Å². The van der Waals surface area contributed by atoms with E-state index in [4.69, 9.17) is 16.3 Å².